The lowest BCUT2D eigenvalue weighted by atomic mass is 10.0. The number of amides is 2. The number of hydrogen-bond acceptors (Lipinski definition) is 5. The Hall–Kier alpha value is -2.22. The van der Waals surface area contributed by atoms with Gasteiger partial charge in [0.1, 0.15) is 5.69 Å². The van der Waals surface area contributed by atoms with Crippen LogP contribution in [0.1, 0.15) is 36.7 Å². The van der Waals surface area contributed by atoms with Crippen molar-refractivity contribution in [3.05, 3.63) is 29.5 Å². The summed E-state index contributed by atoms with van der Waals surface area (Å²) in [5.74, 6) is -0.261. The third-order valence-corrected chi connectivity index (χ3v) is 4.61. The number of rotatable bonds is 4. The number of aromatic nitrogens is 3. The highest BCUT2D eigenvalue weighted by Gasteiger charge is 2.29. The summed E-state index contributed by atoms with van der Waals surface area (Å²) in [5.41, 5.74) is 0.395. The van der Waals surface area contributed by atoms with E-state index in [2.05, 4.69) is 15.4 Å². The molecule has 1 N–H and O–H groups in total. The molecule has 8 heteroatoms. The van der Waals surface area contributed by atoms with Gasteiger partial charge in [-0.25, -0.2) is 4.98 Å². The zero-order valence-electron chi connectivity index (χ0n) is 12.9. The topological polar surface area (TPSA) is 80.1 Å². The first-order valence-electron chi connectivity index (χ1n) is 7.65. The number of likely N-dealkylation sites (tertiary alicyclic amines) is 1. The molecule has 23 heavy (non-hydrogen) atoms. The summed E-state index contributed by atoms with van der Waals surface area (Å²) in [5, 5.41) is 9.01. The summed E-state index contributed by atoms with van der Waals surface area (Å²) < 4.78 is 1.86. The Kier molecular flexibility index (Phi) is 4.71. The van der Waals surface area contributed by atoms with E-state index in [1.807, 2.05) is 21.8 Å². The molecule has 122 valence electrons. The van der Waals surface area contributed by atoms with Crippen molar-refractivity contribution >= 4 is 28.3 Å². The van der Waals surface area contributed by atoms with Crippen LogP contribution >= 0.6 is 11.3 Å². The van der Waals surface area contributed by atoms with Gasteiger partial charge < -0.3 is 10.2 Å². The number of nitrogens with one attached hydrogen (secondary N) is 1. The van der Waals surface area contributed by atoms with Gasteiger partial charge in [-0.15, -0.1) is 11.3 Å². The number of carbonyl (C=O) groups excluding carboxylic acids is 2. The normalized spacial score (nSPS) is 18.0. The van der Waals surface area contributed by atoms with Crippen LogP contribution in [0.25, 0.3) is 0 Å². The number of piperidine rings is 1. The molecule has 1 saturated heterocycles. The highest BCUT2D eigenvalue weighted by molar-refractivity contribution is 7.14. The second kappa shape index (κ2) is 6.91. The van der Waals surface area contributed by atoms with Gasteiger partial charge in [-0.1, -0.05) is 0 Å². The van der Waals surface area contributed by atoms with Crippen LogP contribution in [0.15, 0.2) is 23.8 Å². The summed E-state index contributed by atoms with van der Waals surface area (Å²) in [4.78, 5) is 30.0. The number of anilines is 1. The van der Waals surface area contributed by atoms with E-state index in [4.69, 9.17) is 0 Å². The maximum absolute atomic E-state index is 12.8. The molecule has 1 fully saturated rings. The Morgan fingerprint density at radius 1 is 1.43 bits per heavy atom. The van der Waals surface area contributed by atoms with Gasteiger partial charge in [0.25, 0.3) is 5.91 Å². The summed E-state index contributed by atoms with van der Waals surface area (Å²) >= 11 is 1.27. The predicted molar refractivity (Wildman–Crippen MR) is 87.3 cm³/mol. The van der Waals surface area contributed by atoms with E-state index in [1.165, 1.54) is 18.3 Å². The van der Waals surface area contributed by atoms with Gasteiger partial charge in [-0.05, 0) is 25.3 Å². The molecule has 1 aliphatic rings. The van der Waals surface area contributed by atoms with E-state index in [-0.39, 0.29) is 17.9 Å². The minimum Gasteiger partial charge on any atom is -0.332 e. The van der Waals surface area contributed by atoms with Crippen molar-refractivity contribution in [3.8, 4) is 0 Å². The fourth-order valence-electron chi connectivity index (χ4n) is 2.81. The average molecular weight is 333 g/mol. The maximum atomic E-state index is 12.8. The first-order valence-corrected chi connectivity index (χ1v) is 8.53. The highest BCUT2D eigenvalue weighted by Crippen LogP contribution is 2.23. The van der Waals surface area contributed by atoms with Crippen LogP contribution in [0, 0.1) is 0 Å². The van der Waals surface area contributed by atoms with Gasteiger partial charge in [0.2, 0.25) is 5.91 Å². The molecular formula is C15H19N5O2S. The van der Waals surface area contributed by atoms with E-state index in [1.54, 1.807) is 11.6 Å². The molecule has 0 bridgehead atoms. The Labute approximate surface area is 138 Å². The highest BCUT2D eigenvalue weighted by atomic mass is 32.1. The van der Waals surface area contributed by atoms with Crippen LogP contribution in [-0.4, -0.2) is 44.1 Å². The van der Waals surface area contributed by atoms with Crippen molar-refractivity contribution in [3.63, 3.8) is 0 Å². The smallest absolute Gasteiger partial charge is 0.273 e. The van der Waals surface area contributed by atoms with Gasteiger partial charge in [0.15, 0.2) is 5.13 Å². The maximum Gasteiger partial charge on any atom is 0.273 e. The van der Waals surface area contributed by atoms with Gasteiger partial charge >= 0.3 is 0 Å². The fraction of sp³-hybridized carbons (Fsp3) is 0.467. The predicted octanol–water partition coefficient (Wildman–Crippen LogP) is 1.99. The number of nitrogens with zero attached hydrogens (tertiary/aromatic N) is 4. The molecule has 0 saturated carbocycles. The molecule has 7 nitrogen and oxygen atoms in total. The van der Waals surface area contributed by atoms with Crippen LogP contribution in [0.3, 0.4) is 0 Å². The largest absolute Gasteiger partial charge is 0.332 e. The summed E-state index contributed by atoms with van der Waals surface area (Å²) in [6.07, 6.45) is 6.74. The molecule has 1 aliphatic heterocycles. The van der Waals surface area contributed by atoms with E-state index in [0.717, 1.165) is 25.8 Å². The van der Waals surface area contributed by atoms with Crippen LogP contribution in [0.4, 0.5) is 5.13 Å². The standard InChI is InChI=1S/C15H19N5O2S/c1-11(21)17-15-18-13(10-23-15)14(22)20-8-3-2-5-12(20)9-19-7-4-6-16-19/h4,6-7,10,12H,2-3,5,8-9H2,1H3,(H,17,18,21)/t12-/m1/s1. The van der Waals surface area contributed by atoms with Gasteiger partial charge in [-0.2, -0.15) is 5.10 Å². The minimum atomic E-state index is -0.187. The molecule has 0 unspecified atom stereocenters. The third kappa shape index (κ3) is 3.76. The Morgan fingerprint density at radius 2 is 2.30 bits per heavy atom. The van der Waals surface area contributed by atoms with Gasteiger partial charge in [0, 0.05) is 31.2 Å². The molecule has 3 heterocycles. The lowest BCUT2D eigenvalue weighted by molar-refractivity contribution is -0.114. The molecule has 2 aromatic rings. The molecule has 0 aromatic carbocycles. The fourth-order valence-corrected chi connectivity index (χ4v) is 3.54. The number of thiazole rings is 1. The molecule has 2 amide bonds. The molecule has 0 radical (unpaired) electrons. The van der Waals surface area contributed by atoms with Gasteiger partial charge in [-0.3, -0.25) is 14.3 Å². The monoisotopic (exact) mass is 333 g/mol. The van der Waals surface area contributed by atoms with E-state index >= 15 is 0 Å². The van der Waals surface area contributed by atoms with Crippen LogP contribution in [-0.2, 0) is 11.3 Å². The molecule has 1 atom stereocenters. The number of carbonyl (C=O) groups is 2. The van der Waals surface area contributed by atoms with Gasteiger partial charge in [0.05, 0.1) is 12.6 Å². The second-order valence-corrected chi connectivity index (χ2v) is 6.45. The van der Waals surface area contributed by atoms with E-state index in [0.29, 0.717) is 17.4 Å². The Bertz CT molecular complexity index is 682. The Balaban J connectivity index is 1.73. The third-order valence-electron chi connectivity index (χ3n) is 3.85. The van der Waals surface area contributed by atoms with Crippen molar-refractivity contribution in [2.45, 2.75) is 38.8 Å². The first kappa shape index (κ1) is 15.7. The van der Waals surface area contributed by atoms with Crippen LogP contribution < -0.4 is 5.32 Å². The molecule has 2 aromatic heterocycles. The zero-order chi connectivity index (χ0) is 16.2. The summed E-state index contributed by atoms with van der Waals surface area (Å²) in [6.45, 7) is 2.85. The molecule has 3 rings (SSSR count). The summed E-state index contributed by atoms with van der Waals surface area (Å²) in [7, 11) is 0. The summed E-state index contributed by atoms with van der Waals surface area (Å²) in [6, 6.07) is 2.01. The van der Waals surface area contributed by atoms with Crippen molar-refractivity contribution in [1.29, 1.82) is 0 Å². The average Bonchev–Trinajstić information content (AvgIpc) is 3.18. The van der Waals surface area contributed by atoms with Crippen molar-refractivity contribution in [2.24, 2.45) is 0 Å². The first-order chi connectivity index (χ1) is 11.1. The van der Waals surface area contributed by atoms with E-state index < -0.39 is 0 Å². The lowest BCUT2D eigenvalue weighted by Crippen LogP contribution is -2.46. The quantitative estimate of drug-likeness (QED) is 0.928. The Morgan fingerprint density at radius 3 is 3.04 bits per heavy atom. The minimum absolute atomic E-state index is 0.0743. The SMILES string of the molecule is CC(=O)Nc1nc(C(=O)N2CCCC[C@@H]2Cn2cccn2)cs1. The molecule has 0 spiro atoms. The van der Waals surface area contributed by atoms with E-state index in [9.17, 15) is 9.59 Å². The van der Waals surface area contributed by atoms with Crippen molar-refractivity contribution in [1.82, 2.24) is 19.7 Å². The lowest BCUT2D eigenvalue weighted by Gasteiger charge is -2.35. The number of hydrogen-bond donors (Lipinski definition) is 1. The van der Waals surface area contributed by atoms with Crippen LogP contribution in [0.5, 0.6) is 0 Å². The van der Waals surface area contributed by atoms with Crippen LogP contribution in [0.2, 0.25) is 0 Å². The zero-order valence-corrected chi connectivity index (χ0v) is 13.8. The second-order valence-electron chi connectivity index (χ2n) is 5.60. The van der Waals surface area contributed by atoms with Crippen molar-refractivity contribution in [2.75, 3.05) is 11.9 Å². The molecular weight excluding hydrogens is 314 g/mol. The molecule has 0 aliphatic carbocycles. The van der Waals surface area contributed by atoms with Crippen molar-refractivity contribution < 1.29 is 9.59 Å².